The predicted octanol–water partition coefficient (Wildman–Crippen LogP) is 3.27. The highest BCUT2D eigenvalue weighted by Crippen LogP contribution is 2.23. The lowest BCUT2D eigenvalue weighted by Gasteiger charge is -2.31. The zero-order valence-electron chi connectivity index (χ0n) is 16.3. The van der Waals surface area contributed by atoms with E-state index in [2.05, 4.69) is 9.97 Å². The molecule has 3 aromatic heterocycles. The second-order valence-electron chi connectivity index (χ2n) is 7.46. The summed E-state index contributed by atoms with van der Waals surface area (Å²) in [6.07, 6.45) is 7.10. The van der Waals surface area contributed by atoms with Crippen molar-refractivity contribution in [3.63, 3.8) is 0 Å². The monoisotopic (exact) mass is 395 g/mol. The van der Waals surface area contributed by atoms with Gasteiger partial charge < -0.3 is 9.47 Å². The Balaban J connectivity index is 1.36. The maximum absolute atomic E-state index is 12.5. The van der Waals surface area contributed by atoms with Gasteiger partial charge in [0.25, 0.3) is 0 Å². The summed E-state index contributed by atoms with van der Waals surface area (Å²) in [5, 5.41) is 2.02. The van der Waals surface area contributed by atoms with Crippen LogP contribution < -0.4 is 0 Å². The van der Waals surface area contributed by atoms with Crippen molar-refractivity contribution in [1.82, 2.24) is 24.4 Å². The first kappa shape index (κ1) is 18.8. The molecular formula is C21H25N5OS. The Morgan fingerprint density at radius 1 is 1.29 bits per heavy atom. The summed E-state index contributed by atoms with van der Waals surface area (Å²) in [5.74, 6) is 2.49. The molecule has 3 aromatic rings. The van der Waals surface area contributed by atoms with Gasteiger partial charge in [-0.1, -0.05) is 6.07 Å². The van der Waals surface area contributed by atoms with Gasteiger partial charge in [-0.2, -0.15) is 0 Å². The number of nitrogens with zero attached hydrogens (tertiary/aromatic N) is 5. The van der Waals surface area contributed by atoms with Gasteiger partial charge in [-0.25, -0.2) is 15.0 Å². The van der Waals surface area contributed by atoms with Crippen LogP contribution in [0.3, 0.4) is 0 Å². The minimum Gasteiger partial charge on any atom is -0.342 e. The van der Waals surface area contributed by atoms with Crippen LogP contribution in [0, 0.1) is 12.8 Å². The molecule has 1 saturated heterocycles. The third kappa shape index (κ3) is 4.30. The van der Waals surface area contributed by atoms with Crippen LogP contribution in [0.1, 0.15) is 29.2 Å². The fraction of sp³-hybridized carbons (Fsp3) is 0.429. The highest BCUT2D eigenvalue weighted by atomic mass is 32.1. The molecule has 1 aliphatic rings. The highest BCUT2D eigenvalue weighted by molar-refractivity contribution is 7.10. The fourth-order valence-electron chi connectivity index (χ4n) is 3.77. The van der Waals surface area contributed by atoms with E-state index in [1.807, 2.05) is 53.2 Å². The lowest BCUT2D eigenvalue weighted by atomic mass is 9.93. The highest BCUT2D eigenvalue weighted by Gasteiger charge is 2.24. The van der Waals surface area contributed by atoms with Crippen molar-refractivity contribution in [3.05, 3.63) is 52.4 Å². The third-order valence-corrected chi connectivity index (χ3v) is 6.17. The number of piperidine rings is 1. The van der Waals surface area contributed by atoms with Crippen molar-refractivity contribution in [2.45, 2.75) is 32.6 Å². The van der Waals surface area contributed by atoms with Crippen LogP contribution in [0.25, 0.3) is 11.5 Å². The first-order valence-electron chi connectivity index (χ1n) is 9.71. The number of carbonyl (C=O) groups is 1. The van der Waals surface area contributed by atoms with E-state index in [4.69, 9.17) is 4.98 Å². The lowest BCUT2D eigenvalue weighted by Crippen LogP contribution is -2.39. The van der Waals surface area contributed by atoms with Gasteiger partial charge in [0.05, 0.1) is 6.42 Å². The molecule has 4 heterocycles. The summed E-state index contributed by atoms with van der Waals surface area (Å²) in [5.41, 5.74) is 1.84. The van der Waals surface area contributed by atoms with Crippen molar-refractivity contribution >= 4 is 17.2 Å². The van der Waals surface area contributed by atoms with E-state index in [0.717, 1.165) is 60.3 Å². The molecule has 1 fully saturated rings. The topological polar surface area (TPSA) is 63.9 Å². The van der Waals surface area contributed by atoms with E-state index < -0.39 is 0 Å². The second kappa shape index (κ2) is 8.22. The van der Waals surface area contributed by atoms with Gasteiger partial charge in [0, 0.05) is 49.5 Å². The number of amides is 1. The van der Waals surface area contributed by atoms with Gasteiger partial charge in [-0.05, 0) is 43.2 Å². The molecule has 0 radical (unpaired) electrons. The molecule has 0 saturated carbocycles. The Morgan fingerprint density at radius 2 is 2.11 bits per heavy atom. The van der Waals surface area contributed by atoms with E-state index in [9.17, 15) is 4.79 Å². The zero-order chi connectivity index (χ0) is 19.5. The van der Waals surface area contributed by atoms with Crippen LogP contribution in [-0.4, -0.2) is 43.4 Å². The number of thiophene rings is 1. The van der Waals surface area contributed by atoms with Gasteiger partial charge in [-0.3, -0.25) is 4.79 Å². The lowest BCUT2D eigenvalue weighted by molar-refractivity contribution is -0.131. The average Bonchev–Trinajstić information content (AvgIpc) is 3.33. The zero-order valence-corrected chi connectivity index (χ0v) is 17.2. The normalized spacial score (nSPS) is 15.1. The summed E-state index contributed by atoms with van der Waals surface area (Å²) < 4.78 is 1.98. The summed E-state index contributed by atoms with van der Waals surface area (Å²) in [6.45, 7) is 3.66. The Bertz CT molecular complexity index is 942. The number of aromatic nitrogens is 4. The minimum atomic E-state index is 0.241. The number of aryl methyl sites for hydroxylation is 2. The van der Waals surface area contributed by atoms with Crippen LogP contribution in [-0.2, 0) is 24.7 Å². The number of hydrogen-bond donors (Lipinski definition) is 0. The number of rotatable bonds is 5. The molecule has 0 N–H and O–H groups in total. The van der Waals surface area contributed by atoms with Crippen LogP contribution >= 0.6 is 11.3 Å². The number of hydrogen-bond acceptors (Lipinski definition) is 5. The Labute approximate surface area is 169 Å². The first-order chi connectivity index (χ1) is 13.6. The molecule has 28 heavy (non-hydrogen) atoms. The molecule has 0 aromatic carbocycles. The fourth-order valence-corrected chi connectivity index (χ4v) is 4.46. The summed E-state index contributed by atoms with van der Waals surface area (Å²) in [6, 6.07) is 6.02. The molecule has 0 atom stereocenters. The van der Waals surface area contributed by atoms with Gasteiger partial charge in [-0.15, -0.1) is 11.3 Å². The van der Waals surface area contributed by atoms with Crippen LogP contribution in [0.15, 0.2) is 36.0 Å². The van der Waals surface area contributed by atoms with E-state index >= 15 is 0 Å². The standard InChI is InChI=1S/C21H25N5OS/c1-15-12-18(21-22-7-10-25(21)2)24-19(23-15)13-16-5-8-26(9-6-16)20(27)14-17-4-3-11-28-17/h3-4,7,10-12,16H,5-6,8-9,13-14H2,1-2H3. The number of likely N-dealkylation sites (tertiary alicyclic amines) is 1. The molecule has 146 valence electrons. The second-order valence-corrected chi connectivity index (χ2v) is 8.49. The Morgan fingerprint density at radius 3 is 2.79 bits per heavy atom. The molecule has 0 spiro atoms. The molecule has 1 aliphatic heterocycles. The molecule has 0 unspecified atom stereocenters. The van der Waals surface area contributed by atoms with E-state index in [0.29, 0.717) is 12.3 Å². The number of carbonyl (C=O) groups excluding carboxylic acids is 1. The third-order valence-electron chi connectivity index (χ3n) is 5.29. The largest absolute Gasteiger partial charge is 0.342 e. The van der Waals surface area contributed by atoms with Crippen molar-refractivity contribution < 1.29 is 4.79 Å². The van der Waals surface area contributed by atoms with Crippen molar-refractivity contribution in [1.29, 1.82) is 0 Å². The predicted molar refractivity (Wildman–Crippen MR) is 110 cm³/mol. The van der Waals surface area contributed by atoms with Gasteiger partial charge in [0.15, 0.2) is 5.82 Å². The molecule has 7 heteroatoms. The SMILES string of the molecule is Cc1cc(-c2nccn2C)nc(CC2CCN(C(=O)Cc3cccs3)CC2)n1. The summed E-state index contributed by atoms with van der Waals surface area (Å²) in [7, 11) is 1.97. The molecule has 1 amide bonds. The first-order valence-corrected chi connectivity index (χ1v) is 10.6. The minimum absolute atomic E-state index is 0.241. The number of imidazole rings is 1. The van der Waals surface area contributed by atoms with Gasteiger partial charge >= 0.3 is 0 Å². The van der Waals surface area contributed by atoms with Gasteiger partial charge in [0.2, 0.25) is 5.91 Å². The molecule has 0 bridgehead atoms. The smallest absolute Gasteiger partial charge is 0.227 e. The van der Waals surface area contributed by atoms with Crippen LogP contribution in [0.4, 0.5) is 0 Å². The summed E-state index contributed by atoms with van der Waals surface area (Å²) in [4.78, 5) is 29.4. The van der Waals surface area contributed by atoms with E-state index in [-0.39, 0.29) is 5.91 Å². The van der Waals surface area contributed by atoms with Crippen molar-refractivity contribution in [2.75, 3.05) is 13.1 Å². The molecule has 4 rings (SSSR count). The quantitative estimate of drug-likeness (QED) is 0.665. The van der Waals surface area contributed by atoms with E-state index in [1.54, 1.807) is 17.5 Å². The molecule has 6 nitrogen and oxygen atoms in total. The Hall–Kier alpha value is -2.54. The maximum Gasteiger partial charge on any atom is 0.227 e. The Kier molecular flexibility index (Phi) is 5.52. The summed E-state index contributed by atoms with van der Waals surface area (Å²) >= 11 is 1.65. The van der Waals surface area contributed by atoms with Crippen LogP contribution in [0.2, 0.25) is 0 Å². The van der Waals surface area contributed by atoms with Gasteiger partial charge in [0.1, 0.15) is 11.5 Å². The van der Waals surface area contributed by atoms with E-state index in [1.165, 1.54) is 0 Å². The molecule has 0 aliphatic carbocycles. The average molecular weight is 396 g/mol. The van der Waals surface area contributed by atoms with Crippen molar-refractivity contribution in [3.8, 4) is 11.5 Å². The molecular weight excluding hydrogens is 370 g/mol. The van der Waals surface area contributed by atoms with Crippen molar-refractivity contribution in [2.24, 2.45) is 13.0 Å². The maximum atomic E-state index is 12.5. The van der Waals surface area contributed by atoms with Crippen LogP contribution in [0.5, 0.6) is 0 Å².